The summed E-state index contributed by atoms with van der Waals surface area (Å²) in [5.41, 5.74) is 4.20. The largest absolute Gasteiger partial charge is 0.0812 e. The second-order valence-corrected chi connectivity index (χ2v) is 6.26. The van der Waals surface area contributed by atoms with Gasteiger partial charge in [0.05, 0.1) is 0 Å². The van der Waals surface area contributed by atoms with Crippen LogP contribution in [0.1, 0.15) is 59.8 Å². The second kappa shape index (κ2) is 3.50. The Kier molecular flexibility index (Phi) is 2.56. The van der Waals surface area contributed by atoms with Crippen molar-refractivity contribution in [3.8, 4) is 0 Å². The zero-order chi connectivity index (χ0) is 11.1. The Bertz CT molecular complexity index is 317. The highest BCUT2D eigenvalue weighted by Crippen LogP contribution is 2.57. The zero-order valence-corrected chi connectivity index (χ0v) is 10.7. The minimum Gasteiger partial charge on any atom is -0.0812 e. The summed E-state index contributed by atoms with van der Waals surface area (Å²) in [5, 5.41) is 0. The summed E-state index contributed by atoms with van der Waals surface area (Å²) in [6.07, 6.45) is 11.5. The van der Waals surface area contributed by atoms with Crippen LogP contribution in [-0.4, -0.2) is 0 Å². The Labute approximate surface area is 94.5 Å². The van der Waals surface area contributed by atoms with Crippen LogP contribution < -0.4 is 0 Å². The van der Waals surface area contributed by atoms with Gasteiger partial charge >= 0.3 is 0 Å². The molecule has 0 aromatic carbocycles. The minimum atomic E-state index is 0.462. The summed E-state index contributed by atoms with van der Waals surface area (Å²) in [5.74, 6) is 0. The Hall–Kier alpha value is -0.520. The van der Waals surface area contributed by atoms with Crippen molar-refractivity contribution in [3.63, 3.8) is 0 Å². The van der Waals surface area contributed by atoms with E-state index in [9.17, 15) is 0 Å². The van der Waals surface area contributed by atoms with Crippen molar-refractivity contribution < 1.29 is 0 Å². The third-order valence-corrected chi connectivity index (χ3v) is 5.02. The maximum Gasteiger partial charge on any atom is -0.00620 e. The van der Waals surface area contributed by atoms with Gasteiger partial charge in [0.1, 0.15) is 0 Å². The lowest BCUT2D eigenvalue weighted by molar-refractivity contribution is 0.173. The third-order valence-electron chi connectivity index (χ3n) is 5.02. The van der Waals surface area contributed by atoms with Gasteiger partial charge in [-0.1, -0.05) is 50.5 Å². The fourth-order valence-electron chi connectivity index (χ4n) is 3.28. The van der Waals surface area contributed by atoms with Crippen molar-refractivity contribution in [2.45, 2.75) is 59.8 Å². The van der Waals surface area contributed by atoms with Gasteiger partial charge in [-0.05, 0) is 43.4 Å². The van der Waals surface area contributed by atoms with E-state index in [1.54, 1.807) is 5.57 Å². The normalized spacial score (nSPS) is 34.9. The third kappa shape index (κ3) is 1.68. The first-order chi connectivity index (χ1) is 6.96. The first-order valence-electron chi connectivity index (χ1n) is 6.31. The van der Waals surface area contributed by atoms with Crippen LogP contribution in [0.5, 0.6) is 0 Å². The van der Waals surface area contributed by atoms with Crippen LogP contribution in [0.4, 0.5) is 0 Å². The van der Waals surface area contributed by atoms with E-state index in [-0.39, 0.29) is 0 Å². The second-order valence-electron chi connectivity index (χ2n) is 6.26. The number of hydrogen-bond donors (Lipinski definition) is 0. The lowest BCUT2D eigenvalue weighted by Crippen LogP contribution is -2.32. The van der Waals surface area contributed by atoms with Crippen LogP contribution in [0.25, 0.3) is 0 Å². The molecule has 0 N–H and O–H groups in total. The highest BCUT2D eigenvalue weighted by molar-refractivity contribution is 5.28. The highest BCUT2D eigenvalue weighted by atomic mass is 14.5. The number of allylic oxidation sites excluding steroid dienone is 4. The molecule has 0 heterocycles. The zero-order valence-electron chi connectivity index (χ0n) is 10.7. The summed E-state index contributed by atoms with van der Waals surface area (Å²) in [4.78, 5) is 0. The summed E-state index contributed by atoms with van der Waals surface area (Å²) < 4.78 is 0. The molecule has 2 rings (SSSR count). The van der Waals surface area contributed by atoms with Gasteiger partial charge in [0.2, 0.25) is 0 Å². The van der Waals surface area contributed by atoms with E-state index in [0.29, 0.717) is 10.8 Å². The predicted octanol–water partition coefficient (Wildman–Crippen LogP) is 4.87. The van der Waals surface area contributed by atoms with Gasteiger partial charge in [0.15, 0.2) is 0 Å². The number of hydrogen-bond acceptors (Lipinski definition) is 0. The molecule has 0 nitrogen and oxygen atoms in total. The molecule has 0 bridgehead atoms. The standard InChI is InChI=1S/C15H24/c1-12-6-8-13(9-7-12)15(4)11-5-10-14(15,2)3/h6,9H,5,7-8,10-11H2,1-4H3/t15-/m0/s1. The molecule has 15 heavy (non-hydrogen) atoms. The van der Waals surface area contributed by atoms with Gasteiger partial charge in [-0.25, -0.2) is 0 Å². The smallest absolute Gasteiger partial charge is 0.00620 e. The van der Waals surface area contributed by atoms with E-state index in [0.717, 1.165) is 0 Å². The van der Waals surface area contributed by atoms with Crippen LogP contribution in [0.3, 0.4) is 0 Å². The maximum atomic E-state index is 2.50. The first kappa shape index (κ1) is 11.0. The Morgan fingerprint density at radius 1 is 1.00 bits per heavy atom. The van der Waals surface area contributed by atoms with Crippen molar-refractivity contribution in [2.75, 3.05) is 0 Å². The molecule has 0 saturated heterocycles. The molecule has 0 heteroatoms. The van der Waals surface area contributed by atoms with E-state index in [2.05, 4.69) is 39.8 Å². The monoisotopic (exact) mass is 204 g/mol. The number of rotatable bonds is 1. The van der Waals surface area contributed by atoms with Crippen LogP contribution in [0.2, 0.25) is 0 Å². The molecule has 0 spiro atoms. The Morgan fingerprint density at radius 2 is 1.73 bits per heavy atom. The van der Waals surface area contributed by atoms with Crippen LogP contribution in [0.15, 0.2) is 23.3 Å². The lowest BCUT2D eigenvalue weighted by atomic mass is 9.63. The van der Waals surface area contributed by atoms with Gasteiger partial charge in [-0.15, -0.1) is 0 Å². The summed E-state index contributed by atoms with van der Waals surface area (Å²) in [7, 11) is 0. The Morgan fingerprint density at radius 3 is 2.20 bits per heavy atom. The molecular weight excluding hydrogens is 180 g/mol. The average molecular weight is 204 g/mol. The van der Waals surface area contributed by atoms with E-state index in [4.69, 9.17) is 0 Å². The predicted molar refractivity (Wildman–Crippen MR) is 66.8 cm³/mol. The SMILES string of the molecule is CC1=CCC([C@]2(C)CCCC2(C)C)=CC1. The van der Waals surface area contributed by atoms with E-state index in [1.165, 1.54) is 37.7 Å². The van der Waals surface area contributed by atoms with Crippen molar-refractivity contribution in [2.24, 2.45) is 10.8 Å². The van der Waals surface area contributed by atoms with Crippen LogP contribution in [-0.2, 0) is 0 Å². The molecule has 1 fully saturated rings. The van der Waals surface area contributed by atoms with Crippen molar-refractivity contribution in [1.82, 2.24) is 0 Å². The summed E-state index contributed by atoms with van der Waals surface area (Å²) >= 11 is 0. The van der Waals surface area contributed by atoms with E-state index < -0.39 is 0 Å². The highest BCUT2D eigenvalue weighted by Gasteiger charge is 2.46. The van der Waals surface area contributed by atoms with E-state index >= 15 is 0 Å². The van der Waals surface area contributed by atoms with Crippen LogP contribution >= 0.6 is 0 Å². The minimum absolute atomic E-state index is 0.462. The molecule has 2 aliphatic carbocycles. The van der Waals surface area contributed by atoms with Gasteiger partial charge < -0.3 is 0 Å². The molecule has 2 aliphatic rings. The van der Waals surface area contributed by atoms with Gasteiger partial charge in [0, 0.05) is 0 Å². The molecule has 0 radical (unpaired) electrons. The van der Waals surface area contributed by atoms with Gasteiger partial charge in [0.25, 0.3) is 0 Å². The fourth-order valence-corrected chi connectivity index (χ4v) is 3.28. The summed E-state index contributed by atoms with van der Waals surface area (Å²) in [6, 6.07) is 0. The first-order valence-corrected chi connectivity index (χ1v) is 6.31. The fraction of sp³-hybridized carbons (Fsp3) is 0.733. The lowest BCUT2D eigenvalue weighted by Gasteiger charge is -2.41. The summed E-state index contributed by atoms with van der Waals surface area (Å²) in [6.45, 7) is 9.63. The molecule has 0 aliphatic heterocycles. The van der Waals surface area contributed by atoms with Crippen LogP contribution in [0, 0.1) is 10.8 Å². The average Bonchev–Trinajstić information content (AvgIpc) is 2.43. The molecule has 0 amide bonds. The molecular formula is C15H24. The molecule has 1 atom stereocenters. The molecule has 84 valence electrons. The molecule has 0 aromatic rings. The van der Waals surface area contributed by atoms with E-state index in [1.807, 2.05) is 0 Å². The quantitative estimate of drug-likeness (QED) is 0.535. The molecule has 1 saturated carbocycles. The van der Waals surface area contributed by atoms with Crippen molar-refractivity contribution in [3.05, 3.63) is 23.3 Å². The van der Waals surface area contributed by atoms with Crippen molar-refractivity contribution in [1.29, 1.82) is 0 Å². The Balaban J connectivity index is 2.24. The van der Waals surface area contributed by atoms with Gasteiger partial charge in [-0.2, -0.15) is 0 Å². The topological polar surface area (TPSA) is 0 Å². The van der Waals surface area contributed by atoms with Crippen molar-refractivity contribution >= 4 is 0 Å². The molecule has 0 unspecified atom stereocenters. The molecule has 0 aromatic heterocycles. The van der Waals surface area contributed by atoms with Gasteiger partial charge in [-0.3, -0.25) is 0 Å². The maximum absolute atomic E-state index is 2.50.